The topological polar surface area (TPSA) is 77.1 Å². The molecule has 0 aliphatic heterocycles. The molecular weight excluding hydrogens is 270 g/mol. The maximum atomic E-state index is 11.5. The molecule has 0 amide bonds. The fourth-order valence-electron chi connectivity index (χ4n) is 1.72. The van der Waals surface area contributed by atoms with Gasteiger partial charge in [-0.25, -0.2) is 9.78 Å². The van der Waals surface area contributed by atoms with E-state index in [4.69, 9.17) is 4.74 Å². The lowest BCUT2D eigenvalue weighted by Gasteiger charge is -2.15. The van der Waals surface area contributed by atoms with Gasteiger partial charge < -0.3 is 9.47 Å². The van der Waals surface area contributed by atoms with Crippen molar-refractivity contribution in [2.75, 3.05) is 7.11 Å². The van der Waals surface area contributed by atoms with Crippen molar-refractivity contribution in [3.63, 3.8) is 0 Å². The molecule has 1 atom stereocenters. The second kappa shape index (κ2) is 7.23. The molecule has 1 unspecified atom stereocenters. The summed E-state index contributed by atoms with van der Waals surface area (Å²) in [5, 5.41) is 6.57. The number of rotatable bonds is 6. The zero-order valence-corrected chi connectivity index (χ0v) is 11.9. The van der Waals surface area contributed by atoms with Crippen molar-refractivity contribution in [2.45, 2.75) is 19.4 Å². The molecule has 0 bridgehead atoms. The lowest BCUT2D eigenvalue weighted by molar-refractivity contribution is -0.148. The molecular formula is C15H17N3O3. The van der Waals surface area contributed by atoms with E-state index in [1.807, 2.05) is 37.3 Å². The molecule has 1 aromatic carbocycles. The highest BCUT2D eigenvalue weighted by Crippen LogP contribution is 2.16. The number of carbonyl (C=O) groups is 1. The molecule has 2 rings (SSSR count). The first kappa shape index (κ1) is 14.8. The first-order valence-corrected chi connectivity index (χ1v) is 6.61. The van der Waals surface area contributed by atoms with Gasteiger partial charge in [0, 0.05) is 0 Å². The van der Waals surface area contributed by atoms with Crippen LogP contribution in [0, 0.1) is 0 Å². The van der Waals surface area contributed by atoms with Crippen molar-refractivity contribution >= 4 is 18.1 Å². The SMILES string of the molecule is CCC(Oc1ccc(/C=C/c2nc[nH]n2)cc1)C(=O)OC. The van der Waals surface area contributed by atoms with Gasteiger partial charge in [0.25, 0.3) is 0 Å². The number of esters is 1. The minimum Gasteiger partial charge on any atom is -0.479 e. The van der Waals surface area contributed by atoms with Gasteiger partial charge >= 0.3 is 5.97 Å². The van der Waals surface area contributed by atoms with Crippen LogP contribution in [0.25, 0.3) is 12.2 Å². The van der Waals surface area contributed by atoms with Crippen LogP contribution in [0.2, 0.25) is 0 Å². The summed E-state index contributed by atoms with van der Waals surface area (Å²) in [7, 11) is 1.35. The molecule has 0 aliphatic carbocycles. The molecule has 1 N–H and O–H groups in total. The second-order valence-corrected chi connectivity index (χ2v) is 4.30. The second-order valence-electron chi connectivity index (χ2n) is 4.30. The Bertz CT molecular complexity index is 591. The third kappa shape index (κ3) is 4.17. The summed E-state index contributed by atoms with van der Waals surface area (Å²) in [5.41, 5.74) is 0.985. The predicted molar refractivity (Wildman–Crippen MR) is 78.5 cm³/mol. The van der Waals surface area contributed by atoms with E-state index in [-0.39, 0.29) is 5.97 Å². The third-order valence-electron chi connectivity index (χ3n) is 2.85. The molecule has 0 fully saturated rings. The average molecular weight is 287 g/mol. The Labute approximate surface area is 122 Å². The fraction of sp³-hybridized carbons (Fsp3) is 0.267. The Morgan fingerprint density at radius 3 is 2.67 bits per heavy atom. The van der Waals surface area contributed by atoms with Gasteiger partial charge in [0.05, 0.1) is 7.11 Å². The number of ether oxygens (including phenoxy) is 2. The quantitative estimate of drug-likeness (QED) is 0.825. The fourth-order valence-corrected chi connectivity index (χ4v) is 1.72. The zero-order chi connectivity index (χ0) is 15.1. The van der Waals surface area contributed by atoms with Crippen LogP contribution >= 0.6 is 0 Å². The normalized spacial score (nSPS) is 12.3. The van der Waals surface area contributed by atoms with Crippen molar-refractivity contribution in [1.82, 2.24) is 15.2 Å². The van der Waals surface area contributed by atoms with Crippen LogP contribution < -0.4 is 4.74 Å². The van der Waals surface area contributed by atoms with E-state index < -0.39 is 6.10 Å². The summed E-state index contributed by atoms with van der Waals surface area (Å²) < 4.78 is 10.3. The van der Waals surface area contributed by atoms with Gasteiger partial charge in [0.1, 0.15) is 12.1 Å². The summed E-state index contributed by atoms with van der Waals surface area (Å²) in [6, 6.07) is 7.40. The zero-order valence-electron chi connectivity index (χ0n) is 11.9. The Kier molecular flexibility index (Phi) is 5.09. The number of aromatic amines is 1. The molecule has 21 heavy (non-hydrogen) atoms. The first-order valence-electron chi connectivity index (χ1n) is 6.61. The van der Waals surface area contributed by atoms with Gasteiger partial charge in [-0.3, -0.25) is 5.10 Å². The van der Waals surface area contributed by atoms with Gasteiger partial charge in [-0.05, 0) is 30.2 Å². The van der Waals surface area contributed by atoms with Crippen LogP contribution in [-0.4, -0.2) is 34.4 Å². The molecule has 0 aliphatic rings. The van der Waals surface area contributed by atoms with E-state index in [0.29, 0.717) is 18.0 Å². The van der Waals surface area contributed by atoms with Crippen LogP contribution in [0.15, 0.2) is 30.6 Å². The molecule has 2 aromatic rings. The number of benzene rings is 1. The molecule has 0 spiro atoms. The minimum atomic E-state index is -0.579. The molecule has 6 nitrogen and oxygen atoms in total. The third-order valence-corrected chi connectivity index (χ3v) is 2.85. The molecule has 0 saturated heterocycles. The Morgan fingerprint density at radius 1 is 1.33 bits per heavy atom. The van der Waals surface area contributed by atoms with Crippen LogP contribution in [0.3, 0.4) is 0 Å². The van der Waals surface area contributed by atoms with Gasteiger partial charge in [0.15, 0.2) is 11.9 Å². The number of carbonyl (C=O) groups excluding carboxylic acids is 1. The van der Waals surface area contributed by atoms with E-state index in [2.05, 4.69) is 19.9 Å². The summed E-state index contributed by atoms with van der Waals surface area (Å²) in [4.78, 5) is 15.5. The number of methoxy groups -OCH3 is 1. The molecule has 1 aromatic heterocycles. The minimum absolute atomic E-state index is 0.369. The van der Waals surface area contributed by atoms with Gasteiger partial charge in [0.2, 0.25) is 0 Å². The highest BCUT2D eigenvalue weighted by molar-refractivity contribution is 5.75. The molecule has 6 heteroatoms. The number of nitrogens with one attached hydrogen (secondary N) is 1. The Morgan fingerprint density at radius 2 is 2.10 bits per heavy atom. The van der Waals surface area contributed by atoms with E-state index in [1.54, 1.807) is 6.08 Å². The van der Waals surface area contributed by atoms with Gasteiger partial charge in [-0.1, -0.05) is 25.1 Å². The lowest BCUT2D eigenvalue weighted by atomic mass is 10.2. The summed E-state index contributed by atoms with van der Waals surface area (Å²) >= 11 is 0. The van der Waals surface area contributed by atoms with Crippen molar-refractivity contribution in [3.8, 4) is 5.75 Å². The first-order chi connectivity index (χ1) is 10.2. The lowest BCUT2D eigenvalue weighted by Crippen LogP contribution is -2.27. The summed E-state index contributed by atoms with van der Waals surface area (Å²) in [6.07, 6.45) is 5.19. The summed E-state index contributed by atoms with van der Waals surface area (Å²) in [5.74, 6) is 0.875. The summed E-state index contributed by atoms with van der Waals surface area (Å²) in [6.45, 7) is 1.87. The van der Waals surface area contributed by atoms with Crippen LogP contribution in [0.5, 0.6) is 5.75 Å². The van der Waals surface area contributed by atoms with Crippen molar-refractivity contribution in [1.29, 1.82) is 0 Å². The molecule has 110 valence electrons. The standard InChI is InChI=1S/C15H17N3O3/c1-3-13(15(19)20-2)21-12-7-4-11(5-8-12)6-9-14-16-10-17-18-14/h4-10,13H,3H2,1-2H3,(H,16,17,18)/b9-6+. The largest absolute Gasteiger partial charge is 0.479 e. The number of hydrogen-bond donors (Lipinski definition) is 1. The van der Waals surface area contributed by atoms with Crippen LogP contribution in [-0.2, 0) is 9.53 Å². The van der Waals surface area contributed by atoms with Crippen LogP contribution in [0.1, 0.15) is 24.7 Å². The van der Waals surface area contributed by atoms with Crippen molar-refractivity contribution < 1.29 is 14.3 Å². The van der Waals surface area contributed by atoms with E-state index in [0.717, 1.165) is 5.56 Å². The average Bonchev–Trinajstić information content (AvgIpc) is 3.04. The molecule has 1 heterocycles. The van der Waals surface area contributed by atoms with E-state index >= 15 is 0 Å². The van der Waals surface area contributed by atoms with Gasteiger partial charge in [-0.15, -0.1) is 0 Å². The van der Waals surface area contributed by atoms with E-state index in [1.165, 1.54) is 13.4 Å². The Balaban J connectivity index is 2.00. The highest BCUT2D eigenvalue weighted by Gasteiger charge is 2.18. The molecule has 0 saturated carbocycles. The number of aromatic nitrogens is 3. The smallest absolute Gasteiger partial charge is 0.347 e. The number of H-pyrrole nitrogens is 1. The maximum Gasteiger partial charge on any atom is 0.347 e. The van der Waals surface area contributed by atoms with Crippen molar-refractivity contribution in [3.05, 3.63) is 42.0 Å². The van der Waals surface area contributed by atoms with Crippen molar-refractivity contribution in [2.24, 2.45) is 0 Å². The predicted octanol–water partition coefficient (Wildman–Crippen LogP) is 2.31. The number of hydrogen-bond acceptors (Lipinski definition) is 5. The van der Waals surface area contributed by atoms with Crippen LogP contribution in [0.4, 0.5) is 0 Å². The number of nitrogens with zero attached hydrogens (tertiary/aromatic N) is 2. The highest BCUT2D eigenvalue weighted by atomic mass is 16.6. The Hall–Kier alpha value is -2.63. The van der Waals surface area contributed by atoms with Gasteiger partial charge in [-0.2, -0.15) is 5.10 Å². The molecule has 0 radical (unpaired) electrons. The van der Waals surface area contributed by atoms with E-state index in [9.17, 15) is 4.79 Å². The monoisotopic (exact) mass is 287 g/mol. The maximum absolute atomic E-state index is 11.5.